The van der Waals surface area contributed by atoms with Crippen molar-refractivity contribution in [3.63, 3.8) is 0 Å². The van der Waals surface area contributed by atoms with Crippen molar-refractivity contribution >= 4 is 24.0 Å². The number of carbonyl (C=O) groups excluding carboxylic acids is 1. The molecule has 1 heterocycles. The SMILES string of the molecule is CC1CN(CC(=O)Nc2cc(F)ccc2F)CCC1N.Cl. The number of piperidine rings is 1. The molecule has 2 atom stereocenters. The van der Waals surface area contributed by atoms with Crippen LogP contribution >= 0.6 is 12.4 Å². The molecular formula is C14H20ClF2N3O. The predicted molar refractivity (Wildman–Crippen MR) is 80.4 cm³/mol. The van der Waals surface area contributed by atoms with Crippen LogP contribution in [0.1, 0.15) is 13.3 Å². The van der Waals surface area contributed by atoms with Gasteiger partial charge in [-0.1, -0.05) is 6.92 Å². The summed E-state index contributed by atoms with van der Waals surface area (Å²) in [5.74, 6) is -1.26. The molecule has 7 heteroatoms. The van der Waals surface area contributed by atoms with Gasteiger partial charge in [0.15, 0.2) is 0 Å². The Hall–Kier alpha value is -1.24. The van der Waals surface area contributed by atoms with E-state index in [1.165, 1.54) is 0 Å². The molecule has 0 saturated carbocycles. The first-order valence-corrected chi connectivity index (χ1v) is 6.68. The Morgan fingerprint density at radius 1 is 1.48 bits per heavy atom. The van der Waals surface area contributed by atoms with E-state index in [4.69, 9.17) is 5.73 Å². The van der Waals surface area contributed by atoms with E-state index in [9.17, 15) is 13.6 Å². The van der Waals surface area contributed by atoms with Crippen LogP contribution in [0, 0.1) is 17.6 Å². The van der Waals surface area contributed by atoms with Crippen LogP contribution in [-0.4, -0.2) is 36.5 Å². The Kier molecular flexibility index (Phi) is 6.51. The molecule has 1 aliphatic heterocycles. The summed E-state index contributed by atoms with van der Waals surface area (Å²) in [5, 5.41) is 2.40. The minimum atomic E-state index is -0.645. The molecule has 3 N–H and O–H groups in total. The summed E-state index contributed by atoms with van der Waals surface area (Å²) >= 11 is 0. The van der Waals surface area contributed by atoms with Gasteiger partial charge in [-0.3, -0.25) is 9.69 Å². The lowest BCUT2D eigenvalue weighted by atomic mass is 9.95. The number of hydrogen-bond acceptors (Lipinski definition) is 3. The number of amides is 1. The fraction of sp³-hybridized carbons (Fsp3) is 0.500. The van der Waals surface area contributed by atoms with Crippen molar-refractivity contribution in [1.29, 1.82) is 0 Å². The van der Waals surface area contributed by atoms with Gasteiger partial charge in [-0.25, -0.2) is 8.78 Å². The van der Waals surface area contributed by atoms with Gasteiger partial charge in [0.2, 0.25) is 5.91 Å². The van der Waals surface area contributed by atoms with Gasteiger partial charge in [0, 0.05) is 25.2 Å². The number of carbonyl (C=O) groups is 1. The Morgan fingerprint density at radius 2 is 2.19 bits per heavy atom. The smallest absolute Gasteiger partial charge is 0.238 e. The molecule has 0 aromatic heterocycles. The lowest BCUT2D eigenvalue weighted by Gasteiger charge is -2.34. The summed E-state index contributed by atoms with van der Waals surface area (Å²) in [6, 6.07) is 3.14. The third kappa shape index (κ3) is 4.91. The van der Waals surface area contributed by atoms with Crippen molar-refractivity contribution in [2.75, 3.05) is 25.0 Å². The summed E-state index contributed by atoms with van der Waals surface area (Å²) < 4.78 is 26.4. The molecule has 1 fully saturated rings. The first kappa shape index (κ1) is 17.8. The molecule has 2 rings (SSSR count). The normalized spacial score (nSPS) is 22.5. The van der Waals surface area contributed by atoms with Crippen molar-refractivity contribution in [2.45, 2.75) is 19.4 Å². The topological polar surface area (TPSA) is 58.4 Å². The summed E-state index contributed by atoms with van der Waals surface area (Å²) in [7, 11) is 0. The van der Waals surface area contributed by atoms with E-state index < -0.39 is 11.6 Å². The van der Waals surface area contributed by atoms with Crippen molar-refractivity contribution in [1.82, 2.24) is 4.90 Å². The zero-order chi connectivity index (χ0) is 14.7. The number of nitrogens with two attached hydrogens (primary N) is 1. The lowest BCUT2D eigenvalue weighted by molar-refractivity contribution is -0.117. The molecule has 1 aliphatic rings. The van der Waals surface area contributed by atoms with Crippen LogP contribution in [0.3, 0.4) is 0 Å². The maximum atomic E-state index is 13.4. The molecule has 1 amide bonds. The second kappa shape index (κ2) is 7.68. The highest BCUT2D eigenvalue weighted by Gasteiger charge is 2.24. The van der Waals surface area contributed by atoms with Crippen LogP contribution in [0.2, 0.25) is 0 Å². The maximum Gasteiger partial charge on any atom is 0.238 e. The van der Waals surface area contributed by atoms with E-state index in [1.54, 1.807) is 0 Å². The van der Waals surface area contributed by atoms with Crippen molar-refractivity contribution in [3.05, 3.63) is 29.8 Å². The minimum Gasteiger partial charge on any atom is -0.327 e. The molecule has 1 aromatic carbocycles. The maximum absolute atomic E-state index is 13.4. The quantitative estimate of drug-likeness (QED) is 0.896. The molecule has 0 spiro atoms. The van der Waals surface area contributed by atoms with E-state index in [-0.39, 0.29) is 36.6 Å². The number of hydrogen-bond donors (Lipinski definition) is 2. The molecule has 0 bridgehead atoms. The summed E-state index contributed by atoms with van der Waals surface area (Å²) in [5.41, 5.74) is 5.78. The van der Waals surface area contributed by atoms with Crippen LogP contribution in [0.5, 0.6) is 0 Å². The average molecular weight is 320 g/mol. The largest absolute Gasteiger partial charge is 0.327 e. The average Bonchev–Trinajstić information content (AvgIpc) is 2.38. The standard InChI is InChI=1S/C14H19F2N3O.ClH/c1-9-7-19(5-4-12(9)17)8-14(20)18-13-6-10(15)2-3-11(13)16;/h2-3,6,9,12H,4-5,7-8,17H2,1H3,(H,18,20);1H. The predicted octanol–water partition coefficient (Wildman–Crippen LogP) is 1.99. The first-order valence-electron chi connectivity index (χ1n) is 6.68. The molecular weight excluding hydrogens is 300 g/mol. The molecule has 1 saturated heterocycles. The molecule has 2 unspecified atom stereocenters. The van der Waals surface area contributed by atoms with Crippen LogP contribution in [0.25, 0.3) is 0 Å². The van der Waals surface area contributed by atoms with Crippen LogP contribution < -0.4 is 11.1 Å². The van der Waals surface area contributed by atoms with Gasteiger partial charge in [-0.2, -0.15) is 0 Å². The second-order valence-electron chi connectivity index (χ2n) is 5.34. The van der Waals surface area contributed by atoms with E-state index in [0.29, 0.717) is 5.92 Å². The number of halogens is 3. The summed E-state index contributed by atoms with van der Waals surface area (Å²) in [4.78, 5) is 13.8. The zero-order valence-electron chi connectivity index (χ0n) is 11.8. The monoisotopic (exact) mass is 319 g/mol. The van der Waals surface area contributed by atoms with Crippen LogP contribution in [-0.2, 0) is 4.79 Å². The van der Waals surface area contributed by atoms with Gasteiger partial charge in [0.1, 0.15) is 11.6 Å². The van der Waals surface area contributed by atoms with E-state index >= 15 is 0 Å². The zero-order valence-corrected chi connectivity index (χ0v) is 12.6. The number of benzene rings is 1. The fourth-order valence-corrected chi connectivity index (χ4v) is 2.38. The van der Waals surface area contributed by atoms with E-state index in [2.05, 4.69) is 5.32 Å². The highest BCUT2D eigenvalue weighted by Crippen LogP contribution is 2.17. The molecule has 0 radical (unpaired) electrons. The van der Waals surface area contributed by atoms with Crippen LogP contribution in [0.15, 0.2) is 18.2 Å². The third-order valence-electron chi connectivity index (χ3n) is 3.63. The van der Waals surface area contributed by atoms with Crippen molar-refractivity contribution < 1.29 is 13.6 Å². The van der Waals surface area contributed by atoms with Gasteiger partial charge < -0.3 is 11.1 Å². The van der Waals surface area contributed by atoms with E-state index in [1.807, 2.05) is 11.8 Å². The fourth-order valence-electron chi connectivity index (χ4n) is 2.38. The number of nitrogens with zero attached hydrogens (tertiary/aromatic N) is 1. The van der Waals surface area contributed by atoms with E-state index in [0.717, 1.165) is 37.7 Å². The van der Waals surface area contributed by atoms with Crippen molar-refractivity contribution in [3.8, 4) is 0 Å². The summed E-state index contributed by atoms with van der Waals surface area (Å²) in [6.45, 7) is 3.68. The molecule has 21 heavy (non-hydrogen) atoms. The lowest BCUT2D eigenvalue weighted by Crippen LogP contribution is -2.48. The van der Waals surface area contributed by atoms with Crippen LogP contribution in [0.4, 0.5) is 14.5 Å². The molecule has 4 nitrogen and oxygen atoms in total. The minimum absolute atomic E-state index is 0. The highest BCUT2D eigenvalue weighted by atomic mass is 35.5. The van der Waals surface area contributed by atoms with Gasteiger partial charge in [0.25, 0.3) is 0 Å². The summed E-state index contributed by atoms with van der Waals surface area (Å²) in [6.07, 6.45) is 0.836. The number of anilines is 1. The van der Waals surface area contributed by atoms with Crippen molar-refractivity contribution in [2.24, 2.45) is 11.7 Å². The van der Waals surface area contributed by atoms with Gasteiger partial charge in [-0.05, 0) is 24.5 Å². The second-order valence-corrected chi connectivity index (χ2v) is 5.34. The number of likely N-dealkylation sites (tertiary alicyclic amines) is 1. The Labute approximate surface area is 129 Å². The number of nitrogens with one attached hydrogen (secondary N) is 1. The Morgan fingerprint density at radius 3 is 2.86 bits per heavy atom. The molecule has 1 aromatic rings. The molecule has 118 valence electrons. The highest BCUT2D eigenvalue weighted by molar-refractivity contribution is 5.92. The first-order chi connectivity index (χ1) is 9.45. The third-order valence-corrected chi connectivity index (χ3v) is 3.63. The van der Waals surface area contributed by atoms with Gasteiger partial charge in [0.05, 0.1) is 12.2 Å². The van der Waals surface area contributed by atoms with Gasteiger partial charge in [-0.15, -0.1) is 12.4 Å². The van der Waals surface area contributed by atoms with Gasteiger partial charge >= 0.3 is 0 Å². The number of rotatable bonds is 3. The molecule has 0 aliphatic carbocycles. The Balaban J connectivity index is 0.00000220. The Bertz CT molecular complexity index is 501.